The lowest BCUT2D eigenvalue weighted by atomic mass is 10.2. The molecule has 0 aliphatic rings. The Bertz CT molecular complexity index is 282. The van der Waals surface area contributed by atoms with Crippen molar-refractivity contribution >= 4 is 18.2 Å². The van der Waals surface area contributed by atoms with Crippen LogP contribution in [0.4, 0.5) is 0 Å². The van der Waals surface area contributed by atoms with E-state index >= 15 is 0 Å². The summed E-state index contributed by atoms with van der Waals surface area (Å²) in [6.45, 7) is -4.16. The molecule has 0 aliphatic heterocycles. The zero-order valence-electron chi connectivity index (χ0n) is 6.21. The summed E-state index contributed by atoms with van der Waals surface area (Å²) in [5, 5.41) is 0. The summed E-state index contributed by atoms with van der Waals surface area (Å²) in [6.07, 6.45) is 0. The van der Waals surface area contributed by atoms with Crippen molar-refractivity contribution in [1.29, 1.82) is 0 Å². The van der Waals surface area contributed by atoms with Gasteiger partial charge in [-0.1, -0.05) is 41.7 Å². The van der Waals surface area contributed by atoms with E-state index in [0.717, 1.165) is 5.56 Å². The Labute approximate surface area is 74.7 Å². The molecule has 1 aromatic rings. The molecule has 0 bridgehead atoms. The van der Waals surface area contributed by atoms with Gasteiger partial charge in [0.2, 0.25) is 0 Å². The van der Waals surface area contributed by atoms with Gasteiger partial charge in [-0.2, -0.15) is 0 Å². The molecule has 66 valence electrons. The van der Waals surface area contributed by atoms with Crippen LogP contribution in [0.1, 0.15) is 5.56 Å². The predicted octanol–water partition coefficient (Wildman–Crippen LogP) is 1.38. The molecule has 0 saturated heterocycles. The second kappa shape index (κ2) is 4.10. The van der Waals surface area contributed by atoms with Crippen LogP contribution in [0, 0.1) is 0 Å². The van der Waals surface area contributed by atoms with Gasteiger partial charge in [0.15, 0.2) is 6.80 Å². The smallest absolute Gasteiger partial charge is 0.189 e. The number of rotatable bonds is 3. The normalized spacial score (nSPS) is 15.5. The first-order chi connectivity index (χ1) is 5.58. The highest BCUT2D eigenvalue weighted by Crippen LogP contribution is 2.47. The summed E-state index contributed by atoms with van der Waals surface area (Å²) in [6, 6.07) is 9.11. The van der Waals surface area contributed by atoms with Gasteiger partial charge in [0.25, 0.3) is 0 Å². The van der Waals surface area contributed by atoms with Crippen molar-refractivity contribution in [2.75, 3.05) is 0 Å². The van der Waals surface area contributed by atoms with Crippen LogP contribution in [-0.2, 0) is 10.3 Å². The van der Waals surface area contributed by atoms with E-state index in [1.54, 1.807) is 0 Å². The Morgan fingerprint density at radius 1 is 1.42 bits per heavy atom. The van der Waals surface area contributed by atoms with Gasteiger partial charge in [0.1, 0.15) is 0 Å². The molecule has 1 atom stereocenters. The standard InChI is InChI=1S/C7H9O3PS/c8-11(9,10)12-6-7-4-2-1-3-5-7/h1-5H,6H2,(H2,8,9,10)/p-1. The second-order valence-corrected chi connectivity index (χ2v) is 5.87. The van der Waals surface area contributed by atoms with Crippen molar-refractivity contribution in [1.82, 2.24) is 0 Å². The van der Waals surface area contributed by atoms with Crippen molar-refractivity contribution in [3.63, 3.8) is 0 Å². The lowest BCUT2D eigenvalue weighted by Gasteiger charge is -2.13. The van der Waals surface area contributed by atoms with E-state index < -0.39 is 6.80 Å². The summed E-state index contributed by atoms with van der Waals surface area (Å²) >= 11 is 0.542. The van der Waals surface area contributed by atoms with Crippen LogP contribution in [0.5, 0.6) is 0 Å². The maximum absolute atomic E-state index is 10.4. The summed E-state index contributed by atoms with van der Waals surface area (Å²) < 4.78 is 10.4. The fourth-order valence-corrected chi connectivity index (χ4v) is 2.17. The van der Waals surface area contributed by atoms with E-state index in [1.165, 1.54) is 0 Å². The predicted molar refractivity (Wildman–Crippen MR) is 47.6 cm³/mol. The van der Waals surface area contributed by atoms with Crippen LogP contribution < -0.4 is 4.89 Å². The molecule has 12 heavy (non-hydrogen) atoms. The molecule has 1 aromatic carbocycles. The van der Waals surface area contributed by atoms with Crippen molar-refractivity contribution < 1.29 is 14.4 Å². The molecule has 5 heteroatoms. The minimum atomic E-state index is -4.16. The summed E-state index contributed by atoms with van der Waals surface area (Å²) in [4.78, 5) is 18.8. The van der Waals surface area contributed by atoms with Gasteiger partial charge in [-0.25, -0.2) is 0 Å². The van der Waals surface area contributed by atoms with Gasteiger partial charge < -0.3 is 9.79 Å². The largest absolute Gasteiger partial charge is 0.770 e. The highest BCUT2D eigenvalue weighted by molar-refractivity contribution is 8.53. The second-order valence-electron chi connectivity index (χ2n) is 2.23. The van der Waals surface area contributed by atoms with Crippen LogP contribution in [0.2, 0.25) is 0 Å². The van der Waals surface area contributed by atoms with Gasteiger partial charge in [0, 0.05) is 5.75 Å². The van der Waals surface area contributed by atoms with E-state index in [2.05, 4.69) is 0 Å². The van der Waals surface area contributed by atoms with E-state index in [0.29, 0.717) is 11.4 Å². The Balaban J connectivity index is 2.50. The molecule has 1 rings (SSSR count). The molecular formula is C7H8O3PS-. The van der Waals surface area contributed by atoms with Gasteiger partial charge in [-0.3, -0.25) is 4.57 Å². The molecular weight excluding hydrogens is 195 g/mol. The molecule has 3 nitrogen and oxygen atoms in total. The monoisotopic (exact) mass is 203 g/mol. The van der Waals surface area contributed by atoms with E-state index in [4.69, 9.17) is 4.89 Å². The molecule has 0 spiro atoms. The molecule has 0 fully saturated rings. The fraction of sp³-hybridized carbons (Fsp3) is 0.143. The third-order valence-electron chi connectivity index (χ3n) is 1.24. The zero-order chi connectivity index (χ0) is 9.03. The van der Waals surface area contributed by atoms with Crippen LogP contribution in [0.25, 0.3) is 0 Å². The Morgan fingerprint density at radius 3 is 2.50 bits per heavy atom. The highest BCUT2D eigenvalue weighted by Gasteiger charge is 2.01. The van der Waals surface area contributed by atoms with Crippen LogP contribution in [-0.4, -0.2) is 4.89 Å². The van der Waals surface area contributed by atoms with Gasteiger partial charge in [0.05, 0.1) is 0 Å². The average Bonchev–Trinajstić information content (AvgIpc) is 2.02. The van der Waals surface area contributed by atoms with Crippen molar-refractivity contribution in [3.8, 4) is 0 Å². The van der Waals surface area contributed by atoms with Crippen molar-refractivity contribution in [2.24, 2.45) is 0 Å². The maximum atomic E-state index is 10.4. The molecule has 0 aromatic heterocycles. The summed E-state index contributed by atoms with van der Waals surface area (Å²) in [5.41, 5.74) is 0.882. The maximum Gasteiger partial charge on any atom is 0.189 e. The number of hydrogen-bond donors (Lipinski definition) is 1. The first-order valence-corrected chi connectivity index (χ1v) is 6.47. The third-order valence-corrected chi connectivity index (χ3v) is 3.39. The van der Waals surface area contributed by atoms with E-state index in [-0.39, 0.29) is 5.75 Å². The molecule has 0 amide bonds. The lowest BCUT2D eigenvalue weighted by molar-refractivity contribution is -0.184. The van der Waals surface area contributed by atoms with Crippen LogP contribution in [0.3, 0.4) is 0 Å². The third kappa shape index (κ3) is 3.93. The van der Waals surface area contributed by atoms with Crippen molar-refractivity contribution in [2.45, 2.75) is 5.75 Å². The quantitative estimate of drug-likeness (QED) is 0.754. The Morgan fingerprint density at radius 2 is 2.00 bits per heavy atom. The molecule has 1 unspecified atom stereocenters. The minimum Gasteiger partial charge on any atom is -0.770 e. The first-order valence-electron chi connectivity index (χ1n) is 3.30. The Hall–Kier alpha value is -0.280. The van der Waals surface area contributed by atoms with Gasteiger partial charge in [-0.15, -0.1) is 0 Å². The van der Waals surface area contributed by atoms with Crippen molar-refractivity contribution in [3.05, 3.63) is 35.9 Å². The lowest BCUT2D eigenvalue weighted by Crippen LogP contribution is -1.94. The number of benzene rings is 1. The number of hydrogen-bond acceptors (Lipinski definition) is 3. The van der Waals surface area contributed by atoms with Gasteiger partial charge >= 0.3 is 0 Å². The molecule has 0 saturated carbocycles. The Kier molecular flexibility index (Phi) is 3.35. The van der Waals surface area contributed by atoms with Gasteiger partial charge in [-0.05, 0) is 5.56 Å². The fourth-order valence-electron chi connectivity index (χ4n) is 0.730. The molecule has 0 aliphatic carbocycles. The molecule has 0 radical (unpaired) electrons. The zero-order valence-corrected chi connectivity index (χ0v) is 7.92. The summed E-state index contributed by atoms with van der Waals surface area (Å²) in [7, 11) is 0. The van der Waals surface area contributed by atoms with E-state index in [1.807, 2.05) is 30.3 Å². The van der Waals surface area contributed by atoms with E-state index in [9.17, 15) is 9.46 Å². The molecule has 0 heterocycles. The van der Waals surface area contributed by atoms with Crippen LogP contribution in [0.15, 0.2) is 30.3 Å². The topological polar surface area (TPSA) is 60.4 Å². The minimum absolute atomic E-state index is 0.290. The molecule has 1 N–H and O–H groups in total. The summed E-state index contributed by atoms with van der Waals surface area (Å²) in [5.74, 6) is 0.290. The SMILES string of the molecule is O=P([O-])(O)SCc1ccccc1. The first kappa shape index (κ1) is 9.81. The average molecular weight is 203 g/mol. The van der Waals surface area contributed by atoms with Crippen LogP contribution >= 0.6 is 18.2 Å². The highest BCUT2D eigenvalue weighted by atomic mass is 32.7.